The summed E-state index contributed by atoms with van der Waals surface area (Å²) in [6, 6.07) is -0.911. The molecule has 0 heterocycles. The summed E-state index contributed by atoms with van der Waals surface area (Å²) < 4.78 is 24.3. The zero-order valence-electron chi connectivity index (χ0n) is 11.2. The molecule has 0 bridgehead atoms. The van der Waals surface area contributed by atoms with E-state index in [-0.39, 0.29) is 24.6 Å². The quantitative estimate of drug-likeness (QED) is 0.599. The number of hydrogen-bond donors (Lipinski definition) is 1. The van der Waals surface area contributed by atoms with Gasteiger partial charge < -0.3 is 14.8 Å². The van der Waals surface area contributed by atoms with Crippen LogP contribution in [0.3, 0.4) is 0 Å². The Balaban J connectivity index is 2.55. The van der Waals surface area contributed by atoms with Crippen LogP contribution in [-0.4, -0.2) is 42.6 Å². The summed E-state index contributed by atoms with van der Waals surface area (Å²) in [5, 5.41) is 7.95. The van der Waals surface area contributed by atoms with Gasteiger partial charge >= 0.3 is 5.97 Å². The summed E-state index contributed by atoms with van der Waals surface area (Å²) >= 11 is 0. The monoisotopic (exact) mass is 298 g/mol. The van der Waals surface area contributed by atoms with E-state index in [1.54, 1.807) is 0 Å². The minimum absolute atomic E-state index is 0.0232. The average molecular weight is 298 g/mol. The first kappa shape index (κ1) is 16.5. The highest BCUT2D eigenvalue weighted by molar-refractivity contribution is 7.92. The summed E-state index contributed by atoms with van der Waals surface area (Å²) in [6.45, 7) is 14.1. The van der Waals surface area contributed by atoms with Crippen LogP contribution in [0.1, 0.15) is 38.5 Å². The molecule has 0 aromatic carbocycles. The molecule has 0 amide bonds. The molecule has 0 radical (unpaired) electrons. The van der Waals surface area contributed by atoms with Gasteiger partial charge in [-0.05, 0) is 19.3 Å². The third-order valence-electron chi connectivity index (χ3n) is 3.64. The molecule has 1 aliphatic carbocycles. The molecule has 3 atom stereocenters. The molecule has 7 heteroatoms. The zero-order chi connectivity index (χ0) is 15.2. The molecule has 1 aliphatic rings. The Morgan fingerprint density at radius 2 is 1.80 bits per heavy atom. The lowest BCUT2D eigenvalue weighted by Gasteiger charge is -2.23. The van der Waals surface area contributed by atoms with Crippen LogP contribution >= 0.6 is 0 Å². The molecule has 1 saturated carbocycles. The number of nitrogens with zero attached hydrogens (tertiary/aromatic N) is 2. The second kappa shape index (κ2) is 7.25. The summed E-state index contributed by atoms with van der Waals surface area (Å²) in [5.41, 5.74) is 0. The maximum atomic E-state index is 12.2. The van der Waals surface area contributed by atoms with Gasteiger partial charge in [-0.2, -0.15) is 0 Å². The Hall–Kier alpha value is -1.60. The van der Waals surface area contributed by atoms with Crippen LogP contribution in [0.4, 0.5) is 0 Å². The number of carbonyl (C=O) groups is 1. The van der Waals surface area contributed by atoms with E-state index < -0.39 is 27.1 Å². The van der Waals surface area contributed by atoms with Gasteiger partial charge in [-0.3, -0.25) is 4.79 Å². The van der Waals surface area contributed by atoms with E-state index in [1.807, 2.05) is 0 Å². The molecular weight excluding hydrogens is 280 g/mol. The summed E-state index contributed by atoms with van der Waals surface area (Å²) in [4.78, 5) is 17.1. The molecule has 3 unspecified atom stereocenters. The molecule has 0 aromatic rings. The number of sulfone groups is 1. The van der Waals surface area contributed by atoms with Crippen molar-refractivity contribution in [2.45, 2.75) is 55.9 Å². The molecule has 1 fully saturated rings. The van der Waals surface area contributed by atoms with Crippen LogP contribution in [0.25, 0.3) is 9.69 Å². The highest BCUT2D eigenvalue weighted by Gasteiger charge is 2.43. The van der Waals surface area contributed by atoms with Crippen molar-refractivity contribution in [2.24, 2.45) is 0 Å². The van der Waals surface area contributed by atoms with E-state index in [0.29, 0.717) is 25.7 Å². The van der Waals surface area contributed by atoms with E-state index in [2.05, 4.69) is 9.69 Å². The van der Waals surface area contributed by atoms with E-state index in [4.69, 9.17) is 18.3 Å². The first-order valence-electron chi connectivity index (χ1n) is 6.57. The van der Waals surface area contributed by atoms with Crippen LogP contribution in [0.2, 0.25) is 0 Å². The van der Waals surface area contributed by atoms with Crippen molar-refractivity contribution >= 4 is 15.8 Å². The predicted molar refractivity (Wildman–Crippen MR) is 73.7 cm³/mol. The van der Waals surface area contributed by atoms with Gasteiger partial charge in [-0.1, -0.05) is 0 Å². The lowest BCUT2D eigenvalue weighted by molar-refractivity contribution is -0.137. The van der Waals surface area contributed by atoms with Gasteiger partial charge in [0.15, 0.2) is 9.84 Å². The molecule has 1 rings (SSSR count). The highest BCUT2D eigenvalue weighted by Crippen LogP contribution is 2.29. The van der Waals surface area contributed by atoms with Crippen LogP contribution in [0.15, 0.2) is 0 Å². The van der Waals surface area contributed by atoms with Crippen molar-refractivity contribution < 1.29 is 18.3 Å². The molecule has 1 N–H and O–H groups in total. The van der Waals surface area contributed by atoms with Crippen molar-refractivity contribution in [1.82, 2.24) is 0 Å². The van der Waals surface area contributed by atoms with Crippen molar-refractivity contribution in [1.29, 1.82) is 0 Å². The molecule has 0 aromatic heterocycles. The van der Waals surface area contributed by atoms with Gasteiger partial charge in [-0.25, -0.2) is 21.6 Å². The Labute approximate surface area is 119 Å². The molecule has 0 spiro atoms. The predicted octanol–water partition coefficient (Wildman–Crippen LogP) is 1.78. The third-order valence-corrected chi connectivity index (χ3v) is 5.94. The molecule has 6 nitrogen and oxygen atoms in total. The van der Waals surface area contributed by atoms with Crippen LogP contribution in [-0.2, 0) is 14.6 Å². The van der Waals surface area contributed by atoms with Gasteiger partial charge in [0.25, 0.3) is 12.1 Å². The van der Waals surface area contributed by atoms with Crippen LogP contribution in [0.5, 0.6) is 0 Å². The third kappa shape index (κ3) is 4.50. The Morgan fingerprint density at radius 1 is 1.15 bits per heavy atom. The number of unbranched alkanes of at least 4 members (excludes halogenated alkanes) is 1. The molecule has 110 valence electrons. The molecule has 20 heavy (non-hydrogen) atoms. The van der Waals surface area contributed by atoms with Gasteiger partial charge in [-0.15, -0.1) is 0 Å². The Morgan fingerprint density at radius 3 is 2.35 bits per heavy atom. The fourth-order valence-electron chi connectivity index (χ4n) is 2.45. The Bertz CT molecular complexity index is 530. The average Bonchev–Trinajstić information content (AvgIpc) is 2.42. The highest BCUT2D eigenvalue weighted by atomic mass is 32.2. The van der Waals surface area contributed by atoms with E-state index in [1.165, 1.54) is 0 Å². The number of carboxylic acid groups (broad SMARTS) is 1. The number of rotatable bonds is 6. The maximum absolute atomic E-state index is 12.2. The number of carboxylic acids is 1. The van der Waals surface area contributed by atoms with Crippen molar-refractivity contribution in [3.05, 3.63) is 22.8 Å². The van der Waals surface area contributed by atoms with Crippen molar-refractivity contribution in [2.75, 3.05) is 5.75 Å². The topological polar surface area (TPSA) is 80.2 Å². The first-order valence-corrected chi connectivity index (χ1v) is 8.28. The standard InChI is InChI=1S/C13H18N2O4S/c1-14-11-7-6-10(9-12(11)15-2)20(18,19)8-4-3-5-13(16)17/h10-12H,3-9H2,(H,16,17). The minimum atomic E-state index is -3.30. The van der Waals surface area contributed by atoms with Crippen LogP contribution in [0, 0.1) is 13.1 Å². The van der Waals surface area contributed by atoms with Crippen LogP contribution < -0.4 is 0 Å². The van der Waals surface area contributed by atoms with Crippen molar-refractivity contribution in [3.8, 4) is 0 Å². The Kier molecular flexibility index (Phi) is 5.97. The SMILES string of the molecule is [C-]#[N+]C1CCC(S(=O)(=O)CCCCC(=O)O)CC1[N+]#[C-]. The van der Waals surface area contributed by atoms with E-state index in [9.17, 15) is 13.2 Å². The summed E-state index contributed by atoms with van der Waals surface area (Å²) in [5.74, 6) is -0.953. The van der Waals surface area contributed by atoms with Gasteiger partial charge in [0.2, 0.25) is 0 Å². The number of hydrogen-bond acceptors (Lipinski definition) is 3. The second-order valence-corrected chi connectivity index (χ2v) is 7.45. The largest absolute Gasteiger partial charge is 0.481 e. The fourth-order valence-corrected chi connectivity index (χ4v) is 4.38. The molecular formula is C13H18N2O4S. The lowest BCUT2D eigenvalue weighted by atomic mass is 9.91. The van der Waals surface area contributed by atoms with Gasteiger partial charge in [0, 0.05) is 19.3 Å². The van der Waals surface area contributed by atoms with E-state index in [0.717, 1.165) is 0 Å². The normalized spacial score (nSPS) is 26.4. The number of aliphatic carboxylic acids is 1. The lowest BCUT2D eigenvalue weighted by Crippen LogP contribution is -2.37. The molecule has 0 saturated heterocycles. The van der Waals surface area contributed by atoms with E-state index >= 15 is 0 Å². The molecule has 0 aliphatic heterocycles. The first-order chi connectivity index (χ1) is 9.40. The smallest absolute Gasteiger partial charge is 0.303 e. The minimum Gasteiger partial charge on any atom is -0.481 e. The van der Waals surface area contributed by atoms with Crippen molar-refractivity contribution in [3.63, 3.8) is 0 Å². The van der Waals surface area contributed by atoms with Gasteiger partial charge in [0.1, 0.15) is 0 Å². The summed E-state index contributed by atoms with van der Waals surface area (Å²) in [6.07, 6.45) is 1.77. The van der Waals surface area contributed by atoms with Gasteiger partial charge in [0.05, 0.1) is 11.0 Å². The second-order valence-electron chi connectivity index (χ2n) is 5.05. The maximum Gasteiger partial charge on any atom is 0.303 e. The fraction of sp³-hybridized carbons (Fsp3) is 0.769. The zero-order valence-corrected chi connectivity index (χ0v) is 12.0. The summed E-state index contributed by atoms with van der Waals surface area (Å²) in [7, 11) is -3.30.